The average Bonchev–Trinajstić information content (AvgIpc) is 2.58. The molecule has 1 aliphatic heterocycles. The molecule has 1 aliphatic rings. The predicted octanol–water partition coefficient (Wildman–Crippen LogP) is 3.38. The van der Waals surface area contributed by atoms with E-state index in [0.717, 1.165) is 6.54 Å². The van der Waals surface area contributed by atoms with Gasteiger partial charge in [-0.3, -0.25) is 5.32 Å². The summed E-state index contributed by atoms with van der Waals surface area (Å²) in [6, 6.07) is 8.73. The largest absolute Gasteiger partial charge is 0.352 e. The van der Waals surface area contributed by atoms with Crippen LogP contribution < -0.4 is 5.32 Å². The minimum absolute atomic E-state index is 0.0408. The maximum atomic E-state index is 5.95. The van der Waals surface area contributed by atoms with Crippen LogP contribution in [0.15, 0.2) is 24.3 Å². The monoisotopic (exact) mass is 233 g/mol. The van der Waals surface area contributed by atoms with Gasteiger partial charge < -0.3 is 4.74 Å². The molecule has 0 aromatic heterocycles. The Hall–Kier alpha value is -0.860. The van der Waals surface area contributed by atoms with Gasteiger partial charge in [0.2, 0.25) is 0 Å². The van der Waals surface area contributed by atoms with Crippen LogP contribution in [-0.2, 0) is 10.2 Å². The maximum absolute atomic E-state index is 5.95. The number of ether oxygens (including phenoxy) is 1. The normalized spacial score (nSPS) is 23.9. The van der Waals surface area contributed by atoms with E-state index in [4.69, 9.17) is 4.74 Å². The molecule has 2 rings (SSSR count). The molecule has 2 heteroatoms. The summed E-state index contributed by atoms with van der Waals surface area (Å²) in [5.41, 5.74) is 2.72. The van der Waals surface area contributed by atoms with Gasteiger partial charge in [-0.25, -0.2) is 0 Å². The first-order chi connectivity index (χ1) is 7.78. The molecule has 0 amide bonds. The van der Waals surface area contributed by atoms with Crippen molar-refractivity contribution in [3.05, 3.63) is 35.4 Å². The molecular formula is C15H23NO. The third kappa shape index (κ3) is 2.88. The molecule has 0 aliphatic carbocycles. The molecule has 1 aromatic carbocycles. The second-order valence-corrected chi connectivity index (χ2v) is 6.51. The molecule has 0 radical (unpaired) electrons. The molecule has 1 heterocycles. The molecular weight excluding hydrogens is 210 g/mol. The van der Waals surface area contributed by atoms with Gasteiger partial charge in [-0.05, 0) is 30.4 Å². The summed E-state index contributed by atoms with van der Waals surface area (Å²) >= 11 is 0. The zero-order valence-corrected chi connectivity index (χ0v) is 11.5. The third-order valence-corrected chi connectivity index (χ3v) is 3.23. The predicted molar refractivity (Wildman–Crippen MR) is 71.0 cm³/mol. The van der Waals surface area contributed by atoms with E-state index in [1.165, 1.54) is 11.1 Å². The second kappa shape index (κ2) is 4.11. The molecule has 2 nitrogen and oxygen atoms in total. The van der Waals surface area contributed by atoms with Gasteiger partial charge in [-0.2, -0.15) is 0 Å². The van der Waals surface area contributed by atoms with Gasteiger partial charge in [0.05, 0.1) is 5.60 Å². The van der Waals surface area contributed by atoms with E-state index in [9.17, 15) is 0 Å². The van der Waals surface area contributed by atoms with Crippen LogP contribution in [0, 0.1) is 0 Å². The number of nitrogens with one attached hydrogen (secondary N) is 1. The Bertz CT molecular complexity index is 386. The Morgan fingerprint density at radius 1 is 1.18 bits per heavy atom. The Morgan fingerprint density at radius 3 is 2.18 bits per heavy atom. The average molecular weight is 233 g/mol. The van der Waals surface area contributed by atoms with Crippen molar-refractivity contribution in [1.29, 1.82) is 0 Å². The summed E-state index contributed by atoms with van der Waals surface area (Å²) in [4.78, 5) is 0. The van der Waals surface area contributed by atoms with Crippen LogP contribution in [0.1, 0.15) is 52.0 Å². The quantitative estimate of drug-likeness (QED) is 0.803. The van der Waals surface area contributed by atoms with Crippen LogP contribution in [0.2, 0.25) is 0 Å². The van der Waals surface area contributed by atoms with Crippen molar-refractivity contribution < 1.29 is 4.74 Å². The summed E-state index contributed by atoms with van der Waals surface area (Å²) < 4.78 is 5.95. The van der Waals surface area contributed by atoms with Crippen molar-refractivity contribution in [2.45, 2.75) is 51.9 Å². The van der Waals surface area contributed by atoms with E-state index in [1.807, 2.05) is 0 Å². The first-order valence-electron chi connectivity index (χ1n) is 6.30. The highest BCUT2D eigenvalue weighted by molar-refractivity contribution is 5.29. The van der Waals surface area contributed by atoms with Crippen LogP contribution in [0.3, 0.4) is 0 Å². The standard InChI is InChI=1S/C15H23NO/c1-14(2,3)12-8-6-11(7-9-12)13-16-10-15(4,5)17-13/h6-9,13,16H,10H2,1-5H3. The van der Waals surface area contributed by atoms with E-state index >= 15 is 0 Å². The van der Waals surface area contributed by atoms with Crippen LogP contribution in [0.4, 0.5) is 0 Å². The minimum Gasteiger partial charge on any atom is -0.352 e. The molecule has 1 saturated heterocycles. The van der Waals surface area contributed by atoms with E-state index in [1.54, 1.807) is 0 Å². The lowest BCUT2D eigenvalue weighted by Crippen LogP contribution is -2.23. The van der Waals surface area contributed by atoms with Crippen LogP contribution in [-0.4, -0.2) is 12.1 Å². The lowest BCUT2D eigenvalue weighted by Gasteiger charge is -2.21. The highest BCUT2D eigenvalue weighted by Gasteiger charge is 2.32. The van der Waals surface area contributed by atoms with Crippen molar-refractivity contribution >= 4 is 0 Å². The lowest BCUT2D eigenvalue weighted by molar-refractivity contribution is -0.0156. The molecule has 1 fully saturated rings. The van der Waals surface area contributed by atoms with Gasteiger partial charge in [-0.1, -0.05) is 45.0 Å². The Balaban J connectivity index is 2.14. The molecule has 1 aromatic rings. The van der Waals surface area contributed by atoms with Crippen molar-refractivity contribution in [3.8, 4) is 0 Å². The molecule has 1 atom stereocenters. The zero-order valence-electron chi connectivity index (χ0n) is 11.5. The summed E-state index contributed by atoms with van der Waals surface area (Å²) in [5, 5.41) is 3.40. The second-order valence-electron chi connectivity index (χ2n) is 6.51. The first-order valence-corrected chi connectivity index (χ1v) is 6.30. The summed E-state index contributed by atoms with van der Waals surface area (Å²) in [7, 11) is 0. The van der Waals surface area contributed by atoms with E-state index < -0.39 is 0 Å². The third-order valence-electron chi connectivity index (χ3n) is 3.23. The van der Waals surface area contributed by atoms with Gasteiger partial charge >= 0.3 is 0 Å². The molecule has 1 unspecified atom stereocenters. The van der Waals surface area contributed by atoms with Gasteiger partial charge in [-0.15, -0.1) is 0 Å². The fourth-order valence-electron chi connectivity index (χ4n) is 2.08. The number of rotatable bonds is 1. The highest BCUT2D eigenvalue weighted by atomic mass is 16.5. The minimum atomic E-state index is -0.0621. The molecule has 94 valence electrons. The Morgan fingerprint density at radius 2 is 1.76 bits per heavy atom. The number of hydrogen-bond donors (Lipinski definition) is 1. The van der Waals surface area contributed by atoms with Crippen molar-refractivity contribution in [1.82, 2.24) is 5.32 Å². The zero-order chi connectivity index (χ0) is 12.7. The topological polar surface area (TPSA) is 21.3 Å². The lowest BCUT2D eigenvalue weighted by atomic mass is 9.86. The van der Waals surface area contributed by atoms with Gasteiger partial charge in [0, 0.05) is 6.54 Å². The number of hydrogen-bond acceptors (Lipinski definition) is 2. The van der Waals surface area contributed by atoms with E-state index in [-0.39, 0.29) is 17.2 Å². The van der Waals surface area contributed by atoms with Crippen LogP contribution in [0.5, 0.6) is 0 Å². The summed E-state index contributed by atoms with van der Waals surface area (Å²) in [6.07, 6.45) is 0.0408. The Kier molecular flexibility index (Phi) is 3.04. The summed E-state index contributed by atoms with van der Waals surface area (Å²) in [5.74, 6) is 0. The first kappa shape index (κ1) is 12.6. The highest BCUT2D eigenvalue weighted by Crippen LogP contribution is 2.29. The number of benzene rings is 1. The fraction of sp³-hybridized carbons (Fsp3) is 0.600. The fourth-order valence-corrected chi connectivity index (χ4v) is 2.08. The SMILES string of the molecule is CC1(C)CNC(c2ccc(C(C)(C)C)cc2)O1. The maximum Gasteiger partial charge on any atom is 0.135 e. The molecule has 0 spiro atoms. The molecule has 1 N–H and O–H groups in total. The van der Waals surface area contributed by atoms with E-state index in [2.05, 4.69) is 64.2 Å². The van der Waals surface area contributed by atoms with Crippen LogP contribution in [0.25, 0.3) is 0 Å². The van der Waals surface area contributed by atoms with Gasteiger partial charge in [0.15, 0.2) is 0 Å². The van der Waals surface area contributed by atoms with Gasteiger partial charge in [0.1, 0.15) is 6.23 Å². The molecule has 0 bridgehead atoms. The molecule has 0 saturated carbocycles. The van der Waals surface area contributed by atoms with Crippen molar-refractivity contribution in [2.24, 2.45) is 0 Å². The smallest absolute Gasteiger partial charge is 0.135 e. The van der Waals surface area contributed by atoms with Gasteiger partial charge in [0.25, 0.3) is 0 Å². The van der Waals surface area contributed by atoms with Crippen molar-refractivity contribution in [3.63, 3.8) is 0 Å². The van der Waals surface area contributed by atoms with Crippen molar-refractivity contribution in [2.75, 3.05) is 6.54 Å². The van der Waals surface area contributed by atoms with Crippen LogP contribution >= 0.6 is 0 Å². The molecule has 17 heavy (non-hydrogen) atoms. The summed E-state index contributed by atoms with van der Waals surface area (Å²) in [6.45, 7) is 11.8. The van der Waals surface area contributed by atoms with E-state index in [0.29, 0.717) is 0 Å². The Labute approximate surface area is 104 Å².